The van der Waals surface area contributed by atoms with Crippen LogP contribution in [-0.4, -0.2) is 23.5 Å². The number of benzene rings is 1. The summed E-state index contributed by atoms with van der Waals surface area (Å²) < 4.78 is 13.1. The maximum absolute atomic E-state index is 13.1. The van der Waals surface area contributed by atoms with Crippen molar-refractivity contribution in [2.45, 2.75) is 33.2 Å². The monoisotopic (exact) mass is 237 g/mol. The van der Waals surface area contributed by atoms with Crippen molar-refractivity contribution >= 4 is 5.71 Å². The first-order valence-corrected chi connectivity index (χ1v) is 6.02. The van der Waals surface area contributed by atoms with E-state index in [2.05, 4.69) is 4.99 Å². The Morgan fingerprint density at radius 3 is 2.59 bits per heavy atom. The number of halogens is 1. The van der Waals surface area contributed by atoms with Gasteiger partial charge < -0.3 is 5.11 Å². The normalized spacial score (nSPS) is 14.1. The third-order valence-corrected chi connectivity index (χ3v) is 2.77. The highest BCUT2D eigenvalue weighted by Crippen LogP contribution is 2.12. The summed E-state index contributed by atoms with van der Waals surface area (Å²) in [5.41, 5.74) is 1.64. The molecule has 0 aliphatic rings. The Balaban J connectivity index is 3.02. The molecule has 1 N–H and O–H groups in total. The predicted molar refractivity (Wildman–Crippen MR) is 68.9 cm³/mol. The number of aliphatic imine (C=N–C) groups is 1. The molecule has 0 amide bonds. The molecule has 0 aliphatic heterocycles. The minimum absolute atomic E-state index is 0.0243. The largest absolute Gasteiger partial charge is 0.394 e. The molecule has 0 radical (unpaired) electrons. The second-order valence-electron chi connectivity index (χ2n) is 4.43. The first-order chi connectivity index (χ1) is 8.08. The zero-order chi connectivity index (χ0) is 12.8. The van der Waals surface area contributed by atoms with Gasteiger partial charge in [0.05, 0.1) is 12.6 Å². The van der Waals surface area contributed by atoms with E-state index in [0.717, 1.165) is 17.7 Å². The molecular weight excluding hydrogens is 217 g/mol. The van der Waals surface area contributed by atoms with E-state index in [1.54, 1.807) is 6.07 Å². The molecule has 0 aliphatic carbocycles. The van der Waals surface area contributed by atoms with Crippen LogP contribution in [0.2, 0.25) is 0 Å². The molecule has 1 aromatic carbocycles. The standard InChI is InChI=1S/C14H20FNO/c1-4-13(16-14(9-17)10(2)3)11-6-5-7-12(15)8-11/h5-8,10,14,17H,4,9H2,1-3H3/t14-/m0/s1. The third kappa shape index (κ3) is 3.93. The first-order valence-electron chi connectivity index (χ1n) is 6.02. The average molecular weight is 237 g/mol. The molecule has 0 saturated heterocycles. The Morgan fingerprint density at radius 1 is 1.41 bits per heavy atom. The highest BCUT2D eigenvalue weighted by atomic mass is 19.1. The van der Waals surface area contributed by atoms with E-state index < -0.39 is 0 Å². The van der Waals surface area contributed by atoms with Crippen LogP contribution in [0.25, 0.3) is 0 Å². The van der Waals surface area contributed by atoms with E-state index in [1.165, 1.54) is 12.1 Å². The molecule has 0 bridgehead atoms. The Bertz CT molecular complexity index is 388. The first kappa shape index (κ1) is 13.8. The summed E-state index contributed by atoms with van der Waals surface area (Å²) in [5.74, 6) is 0.0175. The summed E-state index contributed by atoms with van der Waals surface area (Å²) in [5, 5.41) is 9.26. The van der Waals surface area contributed by atoms with Crippen molar-refractivity contribution in [3.63, 3.8) is 0 Å². The Hall–Kier alpha value is -1.22. The second-order valence-corrected chi connectivity index (χ2v) is 4.43. The van der Waals surface area contributed by atoms with Crippen molar-refractivity contribution in [1.82, 2.24) is 0 Å². The number of nitrogens with zero attached hydrogens (tertiary/aromatic N) is 1. The summed E-state index contributed by atoms with van der Waals surface area (Å²) in [4.78, 5) is 4.52. The Kier molecular flexibility index (Phi) is 5.29. The molecule has 94 valence electrons. The SMILES string of the molecule is CCC(=N[C@@H](CO)C(C)C)c1cccc(F)c1. The molecule has 17 heavy (non-hydrogen) atoms. The minimum Gasteiger partial charge on any atom is -0.394 e. The van der Waals surface area contributed by atoms with E-state index in [1.807, 2.05) is 26.8 Å². The smallest absolute Gasteiger partial charge is 0.123 e. The zero-order valence-corrected chi connectivity index (χ0v) is 10.7. The molecular formula is C14H20FNO. The van der Waals surface area contributed by atoms with Crippen LogP contribution in [-0.2, 0) is 0 Å². The lowest BCUT2D eigenvalue weighted by Crippen LogP contribution is -2.20. The molecule has 0 aromatic heterocycles. The topological polar surface area (TPSA) is 32.6 Å². The van der Waals surface area contributed by atoms with Gasteiger partial charge in [0.15, 0.2) is 0 Å². The van der Waals surface area contributed by atoms with Crippen LogP contribution in [0.4, 0.5) is 4.39 Å². The van der Waals surface area contributed by atoms with Crippen LogP contribution in [0.5, 0.6) is 0 Å². The molecule has 0 spiro atoms. The zero-order valence-electron chi connectivity index (χ0n) is 10.7. The Morgan fingerprint density at radius 2 is 2.12 bits per heavy atom. The van der Waals surface area contributed by atoms with Crippen LogP contribution in [0, 0.1) is 11.7 Å². The van der Waals surface area contributed by atoms with Crippen molar-refractivity contribution in [1.29, 1.82) is 0 Å². The number of hydrogen-bond donors (Lipinski definition) is 1. The lowest BCUT2D eigenvalue weighted by atomic mass is 10.0. The summed E-state index contributed by atoms with van der Waals surface area (Å²) in [6, 6.07) is 6.31. The molecule has 1 atom stereocenters. The third-order valence-electron chi connectivity index (χ3n) is 2.77. The van der Waals surface area contributed by atoms with E-state index in [-0.39, 0.29) is 24.4 Å². The second kappa shape index (κ2) is 6.50. The van der Waals surface area contributed by atoms with Gasteiger partial charge in [-0.1, -0.05) is 32.9 Å². The van der Waals surface area contributed by atoms with Crippen LogP contribution < -0.4 is 0 Å². The lowest BCUT2D eigenvalue weighted by molar-refractivity contribution is 0.240. The number of aliphatic hydroxyl groups excluding tert-OH is 1. The summed E-state index contributed by atoms with van der Waals surface area (Å²) >= 11 is 0. The van der Waals surface area contributed by atoms with Gasteiger partial charge >= 0.3 is 0 Å². The highest BCUT2D eigenvalue weighted by Gasteiger charge is 2.12. The van der Waals surface area contributed by atoms with Crippen LogP contribution in [0.15, 0.2) is 29.3 Å². The quantitative estimate of drug-likeness (QED) is 0.784. The average Bonchev–Trinajstić information content (AvgIpc) is 2.30. The summed E-state index contributed by atoms with van der Waals surface area (Å²) in [7, 11) is 0. The molecule has 0 heterocycles. The fourth-order valence-corrected chi connectivity index (χ4v) is 1.64. The van der Waals surface area contributed by atoms with Gasteiger partial charge in [0.1, 0.15) is 5.82 Å². The van der Waals surface area contributed by atoms with E-state index >= 15 is 0 Å². The maximum Gasteiger partial charge on any atom is 0.123 e. The van der Waals surface area contributed by atoms with Crippen molar-refractivity contribution in [2.24, 2.45) is 10.9 Å². The van der Waals surface area contributed by atoms with Gasteiger partial charge in [-0.05, 0) is 30.0 Å². The van der Waals surface area contributed by atoms with Crippen LogP contribution in [0.1, 0.15) is 32.8 Å². The molecule has 0 saturated carbocycles. The predicted octanol–water partition coefficient (Wildman–Crippen LogP) is 3.04. The van der Waals surface area contributed by atoms with Crippen molar-refractivity contribution in [3.05, 3.63) is 35.6 Å². The number of rotatable bonds is 5. The van der Waals surface area contributed by atoms with Gasteiger partial charge in [0.2, 0.25) is 0 Å². The minimum atomic E-state index is -0.256. The van der Waals surface area contributed by atoms with Gasteiger partial charge in [0.25, 0.3) is 0 Å². The molecule has 1 rings (SSSR count). The van der Waals surface area contributed by atoms with Gasteiger partial charge in [-0.2, -0.15) is 0 Å². The fourth-order valence-electron chi connectivity index (χ4n) is 1.64. The lowest BCUT2D eigenvalue weighted by Gasteiger charge is -2.16. The van der Waals surface area contributed by atoms with Crippen LogP contribution >= 0.6 is 0 Å². The van der Waals surface area contributed by atoms with E-state index in [4.69, 9.17) is 0 Å². The Labute approximate surface area is 102 Å². The molecule has 1 aromatic rings. The van der Waals surface area contributed by atoms with Gasteiger partial charge in [0, 0.05) is 5.71 Å². The van der Waals surface area contributed by atoms with Crippen molar-refractivity contribution < 1.29 is 9.50 Å². The van der Waals surface area contributed by atoms with E-state index in [0.29, 0.717) is 0 Å². The van der Waals surface area contributed by atoms with E-state index in [9.17, 15) is 9.50 Å². The van der Waals surface area contributed by atoms with Crippen molar-refractivity contribution in [3.8, 4) is 0 Å². The highest BCUT2D eigenvalue weighted by molar-refractivity contribution is 6.00. The maximum atomic E-state index is 13.1. The summed E-state index contributed by atoms with van der Waals surface area (Å²) in [6.07, 6.45) is 0.729. The van der Waals surface area contributed by atoms with Gasteiger partial charge in [-0.3, -0.25) is 4.99 Å². The fraction of sp³-hybridized carbons (Fsp3) is 0.500. The van der Waals surface area contributed by atoms with Gasteiger partial charge in [-0.15, -0.1) is 0 Å². The molecule has 0 unspecified atom stereocenters. The van der Waals surface area contributed by atoms with Crippen LogP contribution in [0.3, 0.4) is 0 Å². The molecule has 2 nitrogen and oxygen atoms in total. The van der Waals surface area contributed by atoms with Crippen molar-refractivity contribution in [2.75, 3.05) is 6.61 Å². The number of hydrogen-bond acceptors (Lipinski definition) is 2. The number of aliphatic hydroxyl groups is 1. The molecule has 3 heteroatoms. The summed E-state index contributed by atoms with van der Waals surface area (Å²) in [6.45, 7) is 6.04. The van der Waals surface area contributed by atoms with Gasteiger partial charge in [-0.25, -0.2) is 4.39 Å². The molecule has 0 fully saturated rings.